The third-order valence-electron chi connectivity index (χ3n) is 5.18. The van der Waals surface area contributed by atoms with Crippen LogP contribution in [-0.2, 0) is 11.3 Å². The Morgan fingerprint density at radius 3 is 2.47 bits per heavy atom. The van der Waals surface area contributed by atoms with Crippen LogP contribution in [0.1, 0.15) is 5.56 Å². The highest BCUT2D eigenvalue weighted by atomic mass is 19.1. The number of hydrogen-bond acceptors (Lipinski definition) is 7. The summed E-state index contributed by atoms with van der Waals surface area (Å²) in [6.45, 7) is 3.36. The summed E-state index contributed by atoms with van der Waals surface area (Å²) >= 11 is 0. The van der Waals surface area contributed by atoms with Crippen molar-refractivity contribution < 1.29 is 18.3 Å². The first-order chi connectivity index (χ1) is 15.8. The Morgan fingerprint density at radius 1 is 0.906 bits per heavy atom. The normalized spacial score (nSPS) is 13.8. The Morgan fingerprint density at radius 2 is 1.69 bits per heavy atom. The minimum absolute atomic E-state index is 0.278. The predicted molar refractivity (Wildman–Crippen MR) is 117 cm³/mol. The van der Waals surface area contributed by atoms with Gasteiger partial charge in [0, 0.05) is 19.3 Å². The van der Waals surface area contributed by atoms with Crippen LogP contribution in [0.3, 0.4) is 0 Å². The molecule has 7 nitrogen and oxygen atoms in total. The van der Waals surface area contributed by atoms with Crippen LogP contribution in [0, 0.1) is 5.82 Å². The van der Waals surface area contributed by atoms with Crippen LogP contribution in [0.5, 0.6) is 5.75 Å². The van der Waals surface area contributed by atoms with Crippen LogP contribution in [0.4, 0.5) is 10.2 Å². The van der Waals surface area contributed by atoms with E-state index in [1.807, 2.05) is 36.4 Å². The maximum atomic E-state index is 13.1. The maximum Gasteiger partial charge on any atom is 0.251 e. The highest BCUT2D eigenvalue weighted by Crippen LogP contribution is 2.31. The van der Waals surface area contributed by atoms with Gasteiger partial charge in [-0.3, -0.25) is 0 Å². The van der Waals surface area contributed by atoms with Gasteiger partial charge in [0.05, 0.1) is 24.3 Å². The van der Waals surface area contributed by atoms with E-state index in [9.17, 15) is 4.39 Å². The number of halogens is 1. The lowest BCUT2D eigenvalue weighted by molar-refractivity contribution is 0.122. The zero-order valence-electron chi connectivity index (χ0n) is 17.3. The summed E-state index contributed by atoms with van der Waals surface area (Å²) in [7, 11) is 0. The number of aromatic nitrogens is 3. The van der Waals surface area contributed by atoms with Crippen LogP contribution in [0.2, 0.25) is 0 Å². The number of pyridine rings is 1. The van der Waals surface area contributed by atoms with E-state index in [-0.39, 0.29) is 5.82 Å². The number of morpholine rings is 1. The number of nitrogens with zero attached hydrogens (tertiary/aromatic N) is 4. The topological polar surface area (TPSA) is 73.5 Å². The van der Waals surface area contributed by atoms with Crippen LogP contribution in [0.15, 0.2) is 71.3 Å². The lowest BCUT2D eigenvalue weighted by Crippen LogP contribution is -2.36. The van der Waals surface area contributed by atoms with E-state index in [4.69, 9.17) is 13.9 Å². The summed E-state index contributed by atoms with van der Waals surface area (Å²) < 4.78 is 30.4. The second-order valence-corrected chi connectivity index (χ2v) is 7.33. The van der Waals surface area contributed by atoms with Crippen molar-refractivity contribution >= 4 is 5.82 Å². The van der Waals surface area contributed by atoms with Crippen LogP contribution in [0.25, 0.3) is 22.9 Å². The zero-order valence-corrected chi connectivity index (χ0v) is 17.3. The van der Waals surface area contributed by atoms with Crippen molar-refractivity contribution in [1.82, 2.24) is 15.2 Å². The Kier molecular flexibility index (Phi) is 5.76. The lowest BCUT2D eigenvalue weighted by atomic mass is 10.2. The minimum Gasteiger partial charge on any atom is -0.488 e. The molecule has 0 unspecified atom stereocenters. The molecule has 0 radical (unpaired) electrons. The number of hydrogen-bond donors (Lipinski definition) is 0. The Bertz CT molecular complexity index is 1170. The number of rotatable bonds is 6. The van der Waals surface area contributed by atoms with Gasteiger partial charge in [-0.15, -0.1) is 10.2 Å². The van der Waals surface area contributed by atoms with Crippen molar-refractivity contribution in [2.45, 2.75) is 6.61 Å². The van der Waals surface area contributed by atoms with Gasteiger partial charge >= 0.3 is 0 Å². The summed E-state index contributed by atoms with van der Waals surface area (Å²) in [5.74, 6) is 1.96. The molecule has 1 saturated heterocycles. The molecule has 0 bridgehead atoms. The molecule has 1 aliphatic rings. The van der Waals surface area contributed by atoms with Gasteiger partial charge in [-0.05, 0) is 42.0 Å². The molecular formula is C24H21FN4O3. The van der Waals surface area contributed by atoms with Crippen molar-refractivity contribution in [2.24, 2.45) is 0 Å². The molecule has 0 N–H and O–H groups in total. The summed E-state index contributed by atoms with van der Waals surface area (Å²) in [4.78, 5) is 6.72. The van der Waals surface area contributed by atoms with E-state index in [1.54, 1.807) is 18.3 Å². The standard InChI is InChI=1S/C24H21FN4O3/c25-19-8-5-17(6-9-19)16-31-21-4-2-1-3-20(21)24-28-27-23(32-24)18-7-10-22(26-15-18)29-11-13-30-14-12-29/h1-10,15H,11-14,16H2. The molecule has 0 amide bonds. The largest absolute Gasteiger partial charge is 0.488 e. The van der Waals surface area contributed by atoms with Crippen LogP contribution in [-0.4, -0.2) is 41.5 Å². The Hall–Kier alpha value is -3.78. The molecule has 32 heavy (non-hydrogen) atoms. The second-order valence-electron chi connectivity index (χ2n) is 7.33. The SMILES string of the molecule is Fc1ccc(COc2ccccc2-c2nnc(-c3ccc(N4CCOCC4)nc3)o2)cc1. The molecule has 5 rings (SSSR count). The first-order valence-electron chi connectivity index (χ1n) is 10.4. The highest BCUT2D eigenvalue weighted by molar-refractivity contribution is 5.64. The van der Waals surface area contributed by atoms with Crippen LogP contribution >= 0.6 is 0 Å². The average Bonchev–Trinajstić information content (AvgIpc) is 3.35. The fourth-order valence-electron chi connectivity index (χ4n) is 3.45. The van der Waals surface area contributed by atoms with Gasteiger partial charge in [0.25, 0.3) is 5.89 Å². The molecule has 3 heterocycles. The molecule has 2 aromatic carbocycles. The van der Waals surface area contributed by atoms with Gasteiger partial charge in [0.1, 0.15) is 24.0 Å². The number of para-hydroxylation sites is 1. The number of ether oxygens (including phenoxy) is 2. The fraction of sp³-hybridized carbons (Fsp3) is 0.208. The van der Waals surface area contributed by atoms with Gasteiger partial charge < -0.3 is 18.8 Å². The van der Waals surface area contributed by atoms with Gasteiger partial charge in [0.2, 0.25) is 5.89 Å². The van der Waals surface area contributed by atoms with Crippen molar-refractivity contribution in [2.75, 3.05) is 31.2 Å². The van der Waals surface area contributed by atoms with E-state index in [2.05, 4.69) is 20.1 Å². The summed E-state index contributed by atoms with van der Waals surface area (Å²) in [5, 5.41) is 8.39. The Labute approximate surface area is 184 Å². The smallest absolute Gasteiger partial charge is 0.251 e. The van der Waals surface area contributed by atoms with Crippen molar-refractivity contribution in [1.29, 1.82) is 0 Å². The van der Waals surface area contributed by atoms with Crippen molar-refractivity contribution in [3.8, 4) is 28.7 Å². The van der Waals surface area contributed by atoms with Gasteiger partial charge in [-0.25, -0.2) is 9.37 Å². The molecule has 0 atom stereocenters. The number of anilines is 1. The summed E-state index contributed by atoms with van der Waals surface area (Å²) in [6, 6.07) is 17.5. The molecule has 0 spiro atoms. The molecule has 8 heteroatoms. The lowest BCUT2D eigenvalue weighted by Gasteiger charge is -2.27. The first kappa shape index (κ1) is 20.1. The fourth-order valence-corrected chi connectivity index (χ4v) is 3.45. The molecule has 2 aromatic heterocycles. The molecule has 1 fully saturated rings. The van der Waals surface area contributed by atoms with Gasteiger partial charge in [0.15, 0.2) is 0 Å². The summed E-state index contributed by atoms with van der Waals surface area (Å²) in [6.07, 6.45) is 1.74. The molecular weight excluding hydrogens is 411 g/mol. The molecule has 0 aliphatic carbocycles. The second kappa shape index (κ2) is 9.15. The third-order valence-corrected chi connectivity index (χ3v) is 5.18. The average molecular weight is 432 g/mol. The summed E-state index contributed by atoms with van der Waals surface area (Å²) in [5.41, 5.74) is 2.29. The van der Waals surface area contributed by atoms with E-state index in [0.29, 0.717) is 42.9 Å². The van der Waals surface area contributed by atoms with E-state index in [1.165, 1.54) is 12.1 Å². The van der Waals surface area contributed by atoms with E-state index < -0.39 is 0 Å². The van der Waals surface area contributed by atoms with Gasteiger partial charge in [-0.1, -0.05) is 24.3 Å². The molecule has 4 aromatic rings. The molecule has 162 valence electrons. The van der Waals surface area contributed by atoms with Crippen molar-refractivity contribution in [3.63, 3.8) is 0 Å². The quantitative estimate of drug-likeness (QED) is 0.448. The molecule has 1 aliphatic heterocycles. The third kappa shape index (κ3) is 4.45. The number of benzene rings is 2. The van der Waals surface area contributed by atoms with Crippen LogP contribution < -0.4 is 9.64 Å². The maximum absolute atomic E-state index is 13.1. The van der Waals surface area contributed by atoms with E-state index >= 15 is 0 Å². The monoisotopic (exact) mass is 432 g/mol. The zero-order chi connectivity index (χ0) is 21.8. The minimum atomic E-state index is -0.278. The highest BCUT2D eigenvalue weighted by Gasteiger charge is 2.16. The molecule has 0 saturated carbocycles. The van der Waals surface area contributed by atoms with Gasteiger partial charge in [-0.2, -0.15) is 0 Å². The van der Waals surface area contributed by atoms with E-state index in [0.717, 1.165) is 30.0 Å². The first-order valence-corrected chi connectivity index (χ1v) is 10.4. The Balaban J connectivity index is 1.32. The predicted octanol–water partition coefficient (Wildman–Crippen LogP) is 4.35. The van der Waals surface area contributed by atoms with Crippen molar-refractivity contribution in [3.05, 3.63) is 78.2 Å².